The van der Waals surface area contributed by atoms with E-state index in [1.807, 2.05) is 36.0 Å². The third kappa shape index (κ3) is 4.12. The summed E-state index contributed by atoms with van der Waals surface area (Å²) in [6.07, 6.45) is -0.985. The average Bonchev–Trinajstić information content (AvgIpc) is 3.32. The molecule has 1 aromatic carbocycles. The summed E-state index contributed by atoms with van der Waals surface area (Å²) in [6, 6.07) is 7.25. The molecular weight excluding hydrogens is 400 g/mol. The number of anilines is 2. The molecule has 3 aliphatic heterocycles. The highest BCUT2D eigenvalue weighted by Gasteiger charge is 2.33. The zero-order chi connectivity index (χ0) is 19.5. The van der Waals surface area contributed by atoms with Crippen LogP contribution in [-0.2, 0) is 9.47 Å². The Morgan fingerprint density at radius 2 is 1.75 bits per heavy atom. The molecule has 0 spiro atoms. The second-order valence-electron chi connectivity index (χ2n) is 6.68. The molecule has 4 rings (SSSR count). The maximum absolute atomic E-state index is 12.3. The Labute approximate surface area is 173 Å². The zero-order valence-corrected chi connectivity index (χ0v) is 17.0. The Morgan fingerprint density at radius 1 is 1.07 bits per heavy atom. The van der Waals surface area contributed by atoms with E-state index in [1.54, 1.807) is 9.80 Å². The van der Waals surface area contributed by atoms with Crippen LogP contribution < -0.4 is 15.1 Å². The van der Waals surface area contributed by atoms with Gasteiger partial charge in [0.15, 0.2) is 5.11 Å². The smallest absolute Gasteiger partial charge is 0.414 e. The lowest BCUT2D eigenvalue weighted by molar-refractivity contribution is 0.142. The summed E-state index contributed by atoms with van der Waals surface area (Å²) < 4.78 is 10.4. The van der Waals surface area contributed by atoms with Crippen molar-refractivity contribution in [1.82, 2.24) is 10.2 Å². The molecule has 3 fully saturated rings. The SMILES string of the molecule is O=C1OCCN1c1ccc(N2CC(CNC(=S)N3CCSCC3)OC2=O)cc1. The van der Waals surface area contributed by atoms with Gasteiger partial charge in [0, 0.05) is 36.0 Å². The molecule has 3 heterocycles. The zero-order valence-electron chi connectivity index (χ0n) is 15.3. The number of thioether (sulfide) groups is 1. The van der Waals surface area contributed by atoms with Crippen molar-refractivity contribution >= 4 is 52.7 Å². The van der Waals surface area contributed by atoms with Gasteiger partial charge >= 0.3 is 12.2 Å². The topological polar surface area (TPSA) is 74.3 Å². The third-order valence-electron chi connectivity index (χ3n) is 4.89. The Balaban J connectivity index is 1.31. The van der Waals surface area contributed by atoms with Crippen LogP contribution in [0.4, 0.5) is 21.0 Å². The average molecular weight is 423 g/mol. The Hall–Kier alpha value is -2.20. The second-order valence-corrected chi connectivity index (χ2v) is 8.30. The summed E-state index contributed by atoms with van der Waals surface area (Å²) in [7, 11) is 0. The van der Waals surface area contributed by atoms with Gasteiger partial charge in [0.1, 0.15) is 12.7 Å². The standard InChI is InChI=1S/C18H22N4O4S2/c23-17-21(5-8-25-17)13-1-3-14(4-2-13)22-12-15(26-18(22)24)11-19-16(27)20-6-9-28-10-7-20/h1-4,15H,5-12H2,(H,19,27). The molecule has 150 valence electrons. The summed E-state index contributed by atoms with van der Waals surface area (Å²) in [6.45, 7) is 3.77. The van der Waals surface area contributed by atoms with Gasteiger partial charge in [-0.15, -0.1) is 0 Å². The van der Waals surface area contributed by atoms with E-state index in [-0.39, 0.29) is 18.3 Å². The molecular formula is C18H22N4O4S2. The van der Waals surface area contributed by atoms with Crippen molar-refractivity contribution in [3.8, 4) is 0 Å². The number of hydrogen-bond donors (Lipinski definition) is 1. The van der Waals surface area contributed by atoms with Crippen molar-refractivity contribution in [2.75, 3.05) is 60.6 Å². The summed E-state index contributed by atoms with van der Waals surface area (Å²) in [5.41, 5.74) is 1.49. The molecule has 1 aromatic rings. The minimum absolute atomic E-state index is 0.266. The number of thiocarbonyl (C=S) groups is 1. The molecule has 2 amide bonds. The first kappa shape index (κ1) is 19.1. The Morgan fingerprint density at radius 3 is 2.39 bits per heavy atom. The van der Waals surface area contributed by atoms with Crippen molar-refractivity contribution in [3.05, 3.63) is 24.3 Å². The summed E-state index contributed by atoms with van der Waals surface area (Å²) in [4.78, 5) is 29.2. The molecule has 0 aromatic heterocycles. The highest BCUT2D eigenvalue weighted by Crippen LogP contribution is 2.26. The van der Waals surface area contributed by atoms with Gasteiger partial charge in [-0.25, -0.2) is 9.59 Å². The van der Waals surface area contributed by atoms with E-state index in [9.17, 15) is 9.59 Å². The lowest BCUT2D eigenvalue weighted by atomic mass is 10.2. The normalized spacial score (nSPS) is 22.3. The second kappa shape index (κ2) is 8.44. The van der Waals surface area contributed by atoms with E-state index in [0.29, 0.717) is 26.2 Å². The van der Waals surface area contributed by atoms with Crippen molar-refractivity contribution in [1.29, 1.82) is 0 Å². The van der Waals surface area contributed by atoms with Crippen molar-refractivity contribution in [3.63, 3.8) is 0 Å². The number of amides is 2. The quantitative estimate of drug-likeness (QED) is 0.738. The molecule has 1 unspecified atom stereocenters. The van der Waals surface area contributed by atoms with E-state index < -0.39 is 0 Å². The molecule has 1 atom stereocenters. The first-order valence-electron chi connectivity index (χ1n) is 9.25. The molecule has 10 heteroatoms. The minimum atomic E-state index is -0.375. The minimum Gasteiger partial charge on any atom is -0.447 e. The number of nitrogens with zero attached hydrogens (tertiary/aromatic N) is 3. The van der Waals surface area contributed by atoms with Gasteiger partial charge in [0.05, 0.1) is 19.6 Å². The van der Waals surface area contributed by atoms with E-state index >= 15 is 0 Å². The fraction of sp³-hybridized carbons (Fsp3) is 0.500. The van der Waals surface area contributed by atoms with E-state index in [4.69, 9.17) is 21.7 Å². The van der Waals surface area contributed by atoms with Gasteiger partial charge in [0.25, 0.3) is 0 Å². The van der Waals surface area contributed by atoms with Crippen LogP contribution in [0.25, 0.3) is 0 Å². The molecule has 28 heavy (non-hydrogen) atoms. The van der Waals surface area contributed by atoms with Crippen LogP contribution in [0, 0.1) is 0 Å². The van der Waals surface area contributed by atoms with Crippen LogP contribution in [0.5, 0.6) is 0 Å². The highest BCUT2D eigenvalue weighted by molar-refractivity contribution is 7.99. The Bertz CT molecular complexity index is 754. The fourth-order valence-corrected chi connectivity index (χ4v) is 4.53. The van der Waals surface area contributed by atoms with Gasteiger partial charge in [0.2, 0.25) is 0 Å². The first-order valence-corrected chi connectivity index (χ1v) is 10.8. The molecule has 0 saturated carbocycles. The number of rotatable bonds is 4. The molecule has 8 nitrogen and oxygen atoms in total. The molecule has 0 aliphatic carbocycles. The van der Waals surface area contributed by atoms with Crippen LogP contribution in [0.15, 0.2) is 24.3 Å². The van der Waals surface area contributed by atoms with Crippen LogP contribution >= 0.6 is 24.0 Å². The van der Waals surface area contributed by atoms with Gasteiger partial charge in [-0.3, -0.25) is 9.80 Å². The number of nitrogens with one attached hydrogen (secondary N) is 1. The van der Waals surface area contributed by atoms with Crippen LogP contribution in [0.2, 0.25) is 0 Å². The summed E-state index contributed by atoms with van der Waals surface area (Å²) in [5, 5.41) is 3.94. The molecule has 1 N–H and O–H groups in total. The summed E-state index contributed by atoms with van der Waals surface area (Å²) >= 11 is 7.38. The molecule has 0 bridgehead atoms. The number of hydrogen-bond acceptors (Lipinski definition) is 6. The van der Waals surface area contributed by atoms with Crippen LogP contribution in [0.1, 0.15) is 0 Å². The Kier molecular flexibility index (Phi) is 5.77. The van der Waals surface area contributed by atoms with Gasteiger partial charge < -0.3 is 19.7 Å². The number of cyclic esters (lactones) is 2. The molecule has 3 aliphatic rings. The van der Waals surface area contributed by atoms with Gasteiger partial charge in [-0.2, -0.15) is 11.8 Å². The van der Waals surface area contributed by atoms with E-state index in [0.717, 1.165) is 41.1 Å². The van der Waals surface area contributed by atoms with Gasteiger partial charge in [-0.1, -0.05) is 0 Å². The largest absolute Gasteiger partial charge is 0.447 e. The van der Waals surface area contributed by atoms with Crippen LogP contribution in [0.3, 0.4) is 0 Å². The predicted octanol–water partition coefficient (Wildman–Crippen LogP) is 1.89. The predicted molar refractivity (Wildman–Crippen MR) is 112 cm³/mol. The third-order valence-corrected chi connectivity index (χ3v) is 6.23. The van der Waals surface area contributed by atoms with Crippen LogP contribution in [-0.4, -0.2) is 79.1 Å². The lowest BCUT2D eigenvalue weighted by Gasteiger charge is -2.29. The highest BCUT2D eigenvalue weighted by atomic mass is 32.2. The number of ether oxygens (including phenoxy) is 2. The maximum Gasteiger partial charge on any atom is 0.414 e. The van der Waals surface area contributed by atoms with E-state index in [2.05, 4.69) is 10.2 Å². The van der Waals surface area contributed by atoms with Crippen molar-refractivity contribution in [2.24, 2.45) is 0 Å². The number of carbonyl (C=O) groups excluding carboxylic acids is 2. The summed E-state index contributed by atoms with van der Waals surface area (Å²) in [5.74, 6) is 2.16. The fourth-order valence-electron chi connectivity index (χ4n) is 3.36. The van der Waals surface area contributed by atoms with Crippen molar-refractivity contribution in [2.45, 2.75) is 6.10 Å². The lowest BCUT2D eigenvalue weighted by Crippen LogP contribution is -2.46. The van der Waals surface area contributed by atoms with Gasteiger partial charge in [-0.05, 0) is 36.5 Å². The number of benzene rings is 1. The molecule has 0 radical (unpaired) electrons. The first-order chi connectivity index (χ1) is 13.6. The number of carbonyl (C=O) groups is 2. The monoisotopic (exact) mass is 422 g/mol. The maximum atomic E-state index is 12.3. The van der Waals surface area contributed by atoms with Crippen molar-refractivity contribution < 1.29 is 19.1 Å². The van der Waals surface area contributed by atoms with E-state index in [1.165, 1.54) is 0 Å². The molecule has 3 saturated heterocycles.